The van der Waals surface area contributed by atoms with Gasteiger partial charge in [0.25, 0.3) is 0 Å². The number of aromatic nitrogens is 2. The predicted octanol–water partition coefficient (Wildman–Crippen LogP) is 2.33. The maximum absolute atomic E-state index is 11.1. The average molecular weight is 332 g/mol. The van der Waals surface area contributed by atoms with E-state index in [1.54, 1.807) is 26.4 Å². The first-order valence-electron chi connectivity index (χ1n) is 7.29. The third-order valence-corrected chi connectivity index (χ3v) is 3.25. The highest BCUT2D eigenvalue weighted by molar-refractivity contribution is 5.83. The molecule has 1 heterocycles. The molecule has 0 spiro atoms. The second-order valence-electron chi connectivity index (χ2n) is 4.79. The molecule has 2 rings (SSSR count). The van der Waals surface area contributed by atoms with Crippen molar-refractivity contribution in [2.24, 2.45) is 0 Å². The summed E-state index contributed by atoms with van der Waals surface area (Å²) in [4.78, 5) is 11.1. The van der Waals surface area contributed by atoms with E-state index in [9.17, 15) is 4.79 Å². The van der Waals surface area contributed by atoms with Crippen LogP contribution in [0.1, 0.15) is 5.56 Å². The molecular weight excluding hydrogens is 312 g/mol. The maximum Gasteiger partial charge on any atom is 0.412 e. The summed E-state index contributed by atoms with van der Waals surface area (Å²) in [5.41, 5.74) is 1.11. The van der Waals surface area contributed by atoms with Crippen molar-refractivity contribution in [2.45, 2.75) is 6.42 Å². The van der Waals surface area contributed by atoms with Crippen molar-refractivity contribution < 1.29 is 19.0 Å². The van der Waals surface area contributed by atoms with Crippen molar-refractivity contribution in [3.8, 4) is 11.5 Å². The van der Waals surface area contributed by atoms with Crippen LogP contribution in [0.4, 0.5) is 16.4 Å². The molecule has 0 saturated heterocycles. The van der Waals surface area contributed by atoms with E-state index in [4.69, 9.17) is 9.47 Å². The van der Waals surface area contributed by atoms with Gasteiger partial charge in [-0.15, -0.1) is 10.2 Å². The Morgan fingerprint density at radius 2 is 1.71 bits per heavy atom. The fourth-order valence-corrected chi connectivity index (χ4v) is 2.02. The van der Waals surface area contributed by atoms with Crippen LogP contribution in [0, 0.1) is 0 Å². The normalized spacial score (nSPS) is 9.96. The molecule has 0 radical (unpaired) electrons. The standard InChI is InChI=1S/C16H20N4O4/c1-22-12-5-4-11(10-13(12)23-2)8-9-17-14-6-7-15(20-19-14)18-16(21)24-3/h4-7,10H,8-9H2,1-3H3,(H,17,19)(H,18,20,21). The lowest BCUT2D eigenvalue weighted by atomic mass is 10.1. The number of hydrogen-bond donors (Lipinski definition) is 2. The largest absolute Gasteiger partial charge is 0.493 e. The molecule has 1 aromatic heterocycles. The van der Waals surface area contributed by atoms with Gasteiger partial charge in [-0.1, -0.05) is 6.07 Å². The third-order valence-electron chi connectivity index (χ3n) is 3.25. The van der Waals surface area contributed by atoms with Gasteiger partial charge in [-0.2, -0.15) is 0 Å². The van der Waals surface area contributed by atoms with Crippen molar-refractivity contribution in [1.29, 1.82) is 0 Å². The second-order valence-corrected chi connectivity index (χ2v) is 4.79. The van der Waals surface area contributed by atoms with Gasteiger partial charge in [0.1, 0.15) is 5.82 Å². The van der Waals surface area contributed by atoms with Gasteiger partial charge in [-0.05, 0) is 36.2 Å². The number of rotatable bonds is 7. The molecule has 24 heavy (non-hydrogen) atoms. The Morgan fingerprint density at radius 3 is 2.33 bits per heavy atom. The molecule has 0 atom stereocenters. The first-order valence-corrected chi connectivity index (χ1v) is 7.29. The first-order chi connectivity index (χ1) is 11.7. The topological polar surface area (TPSA) is 94.6 Å². The number of ether oxygens (including phenoxy) is 3. The molecule has 8 heteroatoms. The predicted molar refractivity (Wildman–Crippen MR) is 89.8 cm³/mol. The monoisotopic (exact) mass is 332 g/mol. The lowest BCUT2D eigenvalue weighted by Crippen LogP contribution is -2.13. The zero-order chi connectivity index (χ0) is 17.4. The summed E-state index contributed by atoms with van der Waals surface area (Å²) < 4.78 is 15.0. The summed E-state index contributed by atoms with van der Waals surface area (Å²) in [7, 11) is 4.50. The molecule has 0 aliphatic carbocycles. The maximum atomic E-state index is 11.1. The van der Waals surface area contributed by atoms with Crippen molar-refractivity contribution >= 4 is 17.7 Å². The number of nitrogens with zero attached hydrogens (tertiary/aromatic N) is 2. The zero-order valence-corrected chi connectivity index (χ0v) is 13.8. The minimum Gasteiger partial charge on any atom is -0.493 e. The van der Waals surface area contributed by atoms with E-state index in [-0.39, 0.29) is 0 Å². The summed E-state index contributed by atoms with van der Waals surface area (Å²) >= 11 is 0. The smallest absolute Gasteiger partial charge is 0.412 e. The Labute approximate surface area is 140 Å². The van der Waals surface area contributed by atoms with Crippen molar-refractivity contribution in [1.82, 2.24) is 10.2 Å². The lowest BCUT2D eigenvalue weighted by Gasteiger charge is -2.10. The van der Waals surface area contributed by atoms with E-state index in [1.165, 1.54) is 7.11 Å². The number of carbonyl (C=O) groups is 1. The van der Waals surface area contributed by atoms with E-state index < -0.39 is 6.09 Å². The van der Waals surface area contributed by atoms with Crippen molar-refractivity contribution in [3.05, 3.63) is 35.9 Å². The highest BCUT2D eigenvalue weighted by Gasteiger charge is 2.05. The van der Waals surface area contributed by atoms with Gasteiger partial charge < -0.3 is 19.5 Å². The van der Waals surface area contributed by atoms with Crippen LogP contribution in [0.3, 0.4) is 0 Å². The molecule has 1 aromatic carbocycles. The Bertz CT molecular complexity index is 676. The number of benzene rings is 1. The zero-order valence-electron chi connectivity index (χ0n) is 13.8. The van der Waals surface area contributed by atoms with E-state index in [2.05, 4.69) is 25.6 Å². The molecule has 0 aliphatic heterocycles. The van der Waals surface area contributed by atoms with Gasteiger partial charge in [0.05, 0.1) is 21.3 Å². The molecule has 1 amide bonds. The number of carbonyl (C=O) groups excluding carboxylic acids is 1. The Balaban J connectivity index is 1.86. The summed E-state index contributed by atoms with van der Waals surface area (Å²) in [6.07, 6.45) is 0.197. The van der Waals surface area contributed by atoms with Crippen LogP contribution in [0.25, 0.3) is 0 Å². The van der Waals surface area contributed by atoms with Gasteiger partial charge in [0, 0.05) is 6.54 Å². The number of anilines is 2. The molecule has 128 valence electrons. The van der Waals surface area contributed by atoms with Gasteiger partial charge in [0.2, 0.25) is 0 Å². The fraction of sp³-hybridized carbons (Fsp3) is 0.312. The lowest BCUT2D eigenvalue weighted by molar-refractivity contribution is 0.187. The minimum absolute atomic E-state index is 0.326. The quantitative estimate of drug-likeness (QED) is 0.803. The fourth-order valence-electron chi connectivity index (χ4n) is 2.02. The number of methoxy groups -OCH3 is 3. The Hall–Kier alpha value is -3.03. The molecule has 0 aliphatic rings. The summed E-state index contributed by atoms with van der Waals surface area (Å²) in [5.74, 6) is 2.35. The summed E-state index contributed by atoms with van der Waals surface area (Å²) in [6.45, 7) is 0.675. The van der Waals surface area contributed by atoms with Gasteiger partial charge >= 0.3 is 6.09 Å². The van der Waals surface area contributed by atoms with E-state index in [0.29, 0.717) is 29.7 Å². The van der Waals surface area contributed by atoms with Crippen molar-refractivity contribution in [3.63, 3.8) is 0 Å². The number of nitrogens with one attached hydrogen (secondary N) is 2. The number of amides is 1. The highest BCUT2D eigenvalue weighted by atomic mass is 16.5. The SMILES string of the molecule is COC(=O)Nc1ccc(NCCc2ccc(OC)c(OC)c2)nn1. The van der Waals surface area contributed by atoms with Crippen LogP contribution in [-0.4, -0.2) is 44.2 Å². The van der Waals surface area contributed by atoms with Gasteiger partial charge in [-0.3, -0.25) is 5.32 Å². The average Bonchev–Trinajstić information content (AvgIpc) is 2.62. The Kier molecular flexibility index (Phi) is 6.18. The van der Waals surface area contributed by atoms with Crippen LogP contribution in [0.2, 0.25) is 0 Å². The van der Waals surface area contributed by atoms with Gasteiger partial charge in [0.15, 0.2) is 17.3 Å². The highest BCUT2D eigenvalue weighted by Crippen LogP contribution is 2.27. The molecule has 2 aromatic rings. The summed E-state index contributed by atoms with van der Waals surface area (Å²) in [5, 5.41) is 13.5. The van der Waals surface area contributed by atoms with Crippen LogP contribution < -0.4 is 20.1 Å². The van der Waals surface area contributed by atoms with Crippen molar-refractivity contribution in [2.75, 3.05) is 38.5 Å². The second kappa shape index (κ2) is 8.56. The van der Waals surface area contributed by atoms with Crippen LogP contribution in [0.5, 0.6) is 11.5 Å². The molecule has 0 bridgehead atoms. The molecular formula is C16H20N4O4. The van der Waals surface area contributed by atoms with Crippen LogP contribution in [-0.2, 0) is 11.2 Å². The summed E-state index contributed by atoms with van der Waals surface area (Å²) in [6, 6.07) is 9.17. The molecule has 0 saturated carbocycles. The minimum atomic E-state index is -0.585. The molecule has 8 nitrogen and oxygen atoms in total. The van der Waals surface area contributed by atoms with Crippen LogP contribution in [0.15, 0.2) is 30.3 Å². The molecule has 0 fully saturated rings. The van der Waals surface area contributed by atoms with E-state index in [0.717, 1.165) is 12.0 Å². The molecule has 0 unspecified atom stereocenters. The number of hydrogen-bond acceptors (Lipinski definition) is 7. The first kappa shape index (κ1) is 17.3. The molecule has 2 N–H and O–H groups in total. The van der Waals surface area contributed by atoms with E-state index >= 15 is 0 Å². The van der Waals surface area contributed by atoms with Crippen LogP contribution >= 0.6 is 0 Å². The van der Waals surface area contributed by atoms with E-state index in [1.807, 2.05) is 18.2 Å². The third kappa shape index (κ3) is 4.73. The Morgan fingerprint density at radius 1 is 1.00 bits per heavy atom. The van der Waals surface area contributed by atoms with Gasteiger partial charge in [-0.25, -0.2) is 4.79 Å².